The van der Waals surface area contributed by atoms with Crippen molar-refractivity contribution in [3.05, 3.63) is 97.9 Å². The summed E-state index contributed by atoms with van der Waals surface area (Å²) in [5, 5.41) is 5.24. The lowest BCUT2D eigenvalue weighted by Gasteiger charge is -2.14. The van der Waals surface area contributed by atoms with Crippen molar-refractivity contribution in [2.75, 3.05) is 6.79 Å². The van der Waals surface area contributed by atoms with Gasteiger partial charge < -0.3 is 9.47 Å². The minimum Gasteiger partial charge on any atom is -0.454 e. The maximum absolute atomic E-state index is 13.7. The second-order valence-corrected chi connectivity index (χ2v) is 8.97. The Bertz CT molecular complexity index is 1750. The number of aryl methyl sites for hydroxylation is 2. The monoisotopic (exact) mass is 501 g/mol. The van der Waals surface area contributed by atoms with Gasteiger partial charge in [0, 0.05) is 29.5 Å². The Morgan fingerprint density at radius 2 is 1.69 bits per heavy atom. The van der Waals surface area contributed by atoms with Crippen LogP contribution in [0.4, 0.5) is 0 Å². The van der Waals surface area contributed by atoms with E-state index in [-0.39, 0.29) is 18.9 Å². The van der Waals surface area contributed by atoms with Crippen molar-refractivity contribution in [2.45, 2.75) is 13.5 Å². The van der Waals surface area contributed by atoms with Gasteiger partial charge >= 0.3 is 5.69 Å². The summed E-state index contributed by atoms with van der Waals surface area (Å²) >= 11 is 6.12. The molecule has 0 spiro atoms. The van der Waals surface area contributed by atoms with E-state index in [2.05, 4.69) is 10.1 Å². The molecule has 36 heavy (non-hydrogen) atoms. The van der Waals surface area contributed by atoms with E-state index in [0.29, 0.717) is 44.4 Å². The Kier molecular flexibility index (Phi) is 5.15. The molecule has 1 aliphatic heterocycles. The summed E-state index contributed by atoms with van der Waals surface area (Å²) in [5.74, 6) is 1.17. The SMILES string of the molecule is Cc1ccc(Cn2nc3c(-c4ccc5c(c4)OCO5)c(-c4ccc(Cl)cc4)c(=O)n(C)n3c2=O)cn1. The summed E-state index contributed by atoms with van der Waals surface area (Å²) in [6.07, 6.45) is 1.71. The lowest BCUT2D eigenvalue weighted by atomic mass is 9.96. The molecule has 6 rings (SSSR count). The van der Waals surface area contributed by atoms with Crippen LogP contribution in [0.1, 0.15) is 11.3 Å². The van der Waals surface area contributed by atoms with E-state index < -0.39 is 5.69 Å². The van der Waals surface area contributed by atoms with E-state index in [4.69, 9.17) is 21.1 Å². The average molecular weight is 502 g/mol. The van der Waals surface area contributed by atoms with Crippen LogP contribution in [0.25, 0.3) is 27.9 Å². The van der Waals surface area contributed by atoms with Crippen LogP contribution in [0.5, 0.6) is 11.5 Å². The Labute approximate surface area is 209 Å². The summed E-state index contributed by atoms with van der Waals surface area (Å²) in [6.45, 7) is 2.22. The number of aromatic nitrogens is 5. The number of pyridine rings is 1. The first-order valence-corrected chi connectivity index (χ1v) is 11.6. The number of benzene rings is 2. The van der Waals surface area contributed by atoms with E-state index in [0.717, 1.165) is 11.3 Å². The molecule has 0 bridgehead atoms. The predicted octanol–water partition coefficient (Wildman–Crippen LogP) is 3.66. The van der Waals surface area contributed by atoms with Gasteiger partial charge in [0.2, 0.25) is 6.79 Å². The topological polar surface area (TPSA) is 92.6 Å². The number of halogens is 1. The molecular weight excluding hydrogens is 482 g/mol. The predicted molar refractivity (Wildman–Crippen MR) is 135 cm³/mol. The number of rotatable bonds is 4. The molecule has 0 amide bonds. The van der Waals surface area contributed by atoms with Crippen molar-refractivity contribution in [3.8, 4) is 33.8 Å². The molecule has 4 heterocycles. The van der Waals surface area contributed by atoms with Crippen molar-refractivity contribution in [1.29, 1.82) is 0 Å². The van der Waals surface area contributed by atoms with Crippen LogP contribution in [0.3, 0.4) is 0 Å². The zero-order chi connectivity index (χ0) is 25.0. The molecule has 0 N–H and O–H groups in total. The van der Waals surface area contributed by atoms with Gasteiger partial charge in [-0.2, -0.15) is 4.52 Å². The number of nitrogens with zero attached hydrogens (tertiary/aromatic N) is 5. The first-order valence-electron chi connectivity index (χ1n) is 11.2. The average Bonchev–Trinajstić information content (AvgIpc) is 3.47. The quantitative estimate of drug-likeness (QED) is 0.373. The van der Waals surface area contributed by atoms with Crippen molar-refractivity contribution in [2.24, 2.45) is 7.05 Å². The third-order valence-electron chi connectivity index (χ3n) is 6.20. The van der Waals surface area contributed by atoms with Crippen LogP contribution in [-0.4, -0.2) is 30.8 Å². The molecule has 1 aliphatic rings. The Balaban J connectivity index is 1.66. The lowest BCUT2D eigenvalue weighted by molar-refractivity contribution is 0.174. The fourth-order valence-corrected chi connectivity index (χ4v) is 4.50. The smallest absolute Gasteiger partial charge is 0.365 e. The van der Waals surface area contributed by atoms with Crippen LogP contribution in [0, 0.1) is 6.92 Å². The summed E-state index contributed by atoms with van der Waals surface area (Å²) in [7, 11) is 1.55. The van der Waals surface area contributed by atoms with Gasteiger partial charge in [0.1, 0.15) is 0 Å². The van der Waals surface area contributed by atoms with Crippen molar-refractivity contribution >= 4 is 17.2 Å². The largest absolute Gasteiger partial charge is 0.454 e. The molecule has 0 fully saturated rings. The van der Waals surface area contributed by atoms with E-state index in [1.165, 1.54) is 13.9 Å². The van der Waals surface area contributed by atoms with E-state index in [9.17, 15) is 9.59 Å². The Morgan fingerprint density at radius 3 is 2.44 bits per heavy atom. The van der Waals surface area contributed by atoms with Gasteiger partial charge in [-0.3, -0.25) is 9.78 Å². The standard InChI is InChI=1S/C26H20ClN5O4/c1-15-3-4-16(12-28-15)13-31-26(34)32-24(29-31)22(18-7-10-20-21(11-18)36-14-35-20)23(25(33)30(32)2)17-5-8-19(27)9-6-17/h3-12H,13-14H2,1-2H3. The summed E-state index contributed by atoms with van der Waals surface area (Å²) < 4.78 is 15.0. The fourth-order valence-electron chi connectivity index (χ4n) is 4.37. The zero-order valence-corrected chi connectivity index (χ0v) is 20.2. The second-order valence-electron chi connectivity index (χ2n) is 8.54. The summed E-state index contributed by atoms with van der Waals surface area (Å²) in [5.41, 5.74) is 3.48. The van der Waals surface area contributed by atoms with Crippen molar-refractivity contribution < 1.29 is 9.47 Å². The first-order chi connectivity index (χ1) is 17.4. The van der Waals surface area contributed by atoms with Gasteiger partial charge in [0.05, 0.1) is 12.1 Å². The van der Waals surface area contributed by atoms with Crippen molar-refractivity contribution in [1.82, 2.24) is 24.0 Å². The highest BCUT2D eigenvalue weighted by molar-refractivity contribution is 6.30. The molecule has 0 radical (unpaired) electrons. The zero-order valence-electron chi connectivity index (χ0n) is 19.4. The molecule has 0 atom stereocenters. The van der Waals surface area contributed by atoms with Crippen LogP contribution in [0.15, 0.2) is 70.4 Å². The van der Waals surface area contributed by atoms with Crippen molar-refractivity contribution in [3.63, 3.8) is 0 Å². The molecule has 0 saturated heterocycles. The minimum atomic E-state index is -0.435. The highest BCUT2D eigenvalue weighted by Gasteiger charge is 2.25. The number of hydrogen-bond acceptors (Lipinski definition) is 6. The molecule has 5 aromatic rings. The van der Waals surface area contributed by atoms with Crippen LogP contribution >= 0.6 is 11.6 Å². The molecule has 9 nitrogen and oxygen atoms in total. The Morgan fingerprint density at radius 1 is 0.944 bits per heavy atom. The molecular formula is C26H20ClN5O4. The van der Waals surface area contributed by atoms with E-state index >= 15 is 0 Å². The number of hydrogen-bond donors (Lipinski definition) is 0. The summed E-state index contributed by atoms with van der Waals surface area (Å²) in [4.78, 5) is 31.5. The first kappa shape index (κ1) is 22.1. The third kappa shape index (κ3) is 3.56. The number of fused-ring (bicyclic) bond motifs is 2. The molecule has 10 heteroatoms. The lowest BCUT2D eigenvalue weighted by Crippen LogP contribution is -2.33. The molecule has 0 unspecified atom stereocenters. The van der Waals surface area contributed by atoms with Crippen LogP contribution < -0.4 is 20.7 Å². The van der Waals surface area contributed by atoms with Crippen LogP contribution in [0.2, 0.25) is 5.02 Å². The maximum Gasteiger partial charge on any atom is 0.365 e. The molecule has 2 aromatic carbocycles. The van der Waals surface area contributed by atoms with E-state index in [1.54, 1.807) is 49.6 Å². The summed E-state index contributed by atoms with van der Waals surface area (Å²) in [6, 6.07) is 16.2. The molecule has 0 saturated carbocycles. The van der Waals surface area contributed by atoms with Crippen LogP contribution in [-0.2, 0) is 13.6 Å². The molecule has 180 valence electrons. The second kappa shape index (κ2) is 8.39. The van der Waals surface area contributed by atoms with Gasteiger partial charge in [-0.05, 0) is 53.9 Å². The minimum absolute atomic E-state index is 0.119. The normalized spacial score (nSPS) is 12.4. The van der Waals surface area contributed by atoms with E-state index in [1.807, 2.05) is 25.1 Å². The van der Waals surface area contributed by atoms with Gasteiger partial charge in [-0.1, -0.05) is 35.9 Å². The molecule has 0 aliphatic carbocycles. The van der Waals surface area contributed by atoms with Gasteiger partial charge in [0.25, 0.3) is 5.56 Å². The highest BCUT2D eigenvalue weighted by Crippen LogP contribution is 2.39. The Hall–Kier alpha value is -4.37. The molecule has 3 aromatic heterocycles. The fraction of sp³-hybridized carbons (Fsp3) is 0.154. The highest BCUT2D eigenvalue weighted by atomic mass is 35.5. The van der Waals surface area contributed by atoms with Gasteiger partial charge in [-0.15, -0.1) is 5.10 Å². The maximum atomic E-state index is 13.7. The third-order valence-corrected chi connectivity index (χ3v) is 6.45. The van der Waals surface area contributed by atoms with Gasteiger partial charge in [0.15, 0.2) is 17.1 Å². The van der Waals surface area contributed by atoms with Gasteiger partial charge in [-0.25, -0.2) is 14.2 Å². The number of ether oxygens (including phenoxy) is 2.